The molecule has 0 bridgehead atoms. The molecule has 0 N–H and O–H groups in total. The first kappa shape index (κ1) is 14.4. The van der Waals surface area contributed by atoms with Gasteiger partial charge in [-0.3, -0.25) is 9.48 Å². The van der Waals surface area contributed by atoms with Crippen molar-refractivity contribution < 1.29 is 9.21 Å². The van der Waals surface area contributed by atoms with E-state index in [1.165, 1.54) is 0 Å². The third-order valence-corrected chi connectivity index (χ3v) is 3.16. The zero-order chi connectivity index (χ0) is 14.7. The first-order valence-corrected chi connectivity index (χ1v) is 6.78. The van der Waals surface area contributed by atoms with Crippen molar-refractivity contribution in [3.63, 3.8) is 0 Å². The van der Waals surface area contributed by atoms with Gasteiger partial charge in [0.1, 0.15) is 0 Å². The molecule has 1 amide bonds. The van der Waals surface area contributed by atoms with Crippen molar-refractivity contribution in [2.75, 3.05) is 6.54 Å². The number of amides is 1. The number of carbonyl (C=O) groups is 1. The molecule has 20 heavy (non-hydrogen) atoms. The van der Waals surface area contributed by atoms with E-state index >= 15 is 0 Å². The van der Waals surface area contributed by atoms with Crippen LogP contribution in [0.25, 0.3) is 0 Å². The van der Waals surface area contributed by atoms with Crippen LogP contribution in [-0.4, -0.2) is 27.1 Å². The van der Waals surface area contributed by atoms with Crippen molar-refractivity contribution in [1.29, 1.82) is 0 Å². The van der Waals surface area contributed by atoms with Gasteiger partial charge in [0.25, 0.3) is 5.91 Å². The number of aromatic nitrogens is 2. The van der Waals surface area contributed by atoms with Gasteiger partial charge in [-0.15, -0.1) is 0 Å². The Morgan fingerprint density at radius 2 is 2.25 bits per heavy atom. The van der Waals surface area contributed by atoms with Gasteiger partial charge in [0.15, 0.2) is 5.69 Å². The molecule has 5 heteroatoms. The summed E-state index contributed by atoms with van der Waals surface area (Å²) in [4.78, 5) is 14.4. The van der Waals surface area contributed by atoms with Crippen LogP contribution in [0.3, 0.4) is 0 Å². The van der Waals surface area contributed by atoms with Gasteiger partial charge < -0.3 is 9.32 Å². The molecule has 2 rings (SSSR count). The maximum Gasteiger partial charge on any atom is 0.274 e. The third-order valence-electron chi connectivity index (χ3n) is 3.16. The molecule has 2 aromatic heterocycles. The Morgan fingerprint density at radius 1 is 1.50 bits per heavy atom. The molecular weight excluding hydrogens is 254 g/mol. The fraction of sp³-hybridized carbons (Fsp3) is 0.467. The molecule has 0 aliphatic carbocycles. The van der Waals surface area contributed by atoms with E-state index in [1.807, 2.05) is 31.0 Å². The molecule has 0 saturated heterocycles. The van der Waals surface area contributed by atoms with Gasteiger partial charge in [-0.05, 0) is 25.0 Å². The molecular formula is C15H21N3O2. The van der Waals surface area contributed by atoms with E-state index in [0.717, 1.165) is 11.3 Å². The average Bonchev–Trinajstić information content (AvgIpc) is 2.98. The smallest absolute Gasteiger partial charge is 0.274 e. The lowest BCUT2D eigenvalue weighted by atomic mass is 10.2. The van der Waals surface area contributed by atoms with E-state index in [2.05, 4.69) is 18.9 Å². The Morgan fingerprint density at radius 3 is 2.75 bits per heavy atom. The van der Waals surface area contributed by atoms with Gasteiger partial charge in [0, 0.05) is 31.4 Å². The highest BCUT2D eigenvalue weighted by molar-refractivity contribution is 5.92. The second-order valence-corrected chi connectivity index (χ2v) is 5.51. The van der Waals surface area contributed by atoms with Crippen LogP contribution < -0.4 is 0 Å². The van der Waals surface area contributed by atoms with E-state index in [9.17, 15) is 4.79 Å². The summed E-state index contributed by atoms with van der Waals surface area (Å²) >= 11 is 0. The van der Waals surface area contributed by atoms with Crippen LogP contribution in [0.15, 0.2) is 29.1 Å². The van der Waals surface area contributed by atoms with E-state index in [0.29, 0.717) is 24.7 Å². The van der Waals surface area contributed by atoms with Crippen molar-refractivity contribution in [3.05, 3.63) is 41.6 Å². The van der Waals surface area contributed by atoms with Crippen LogP contribution >= 0.6 is 0 Å². The van der Waals surface area contributed by atoms with E-state index < -0.39 is 0 Å². The van der Waals surface area contributed by atoms with Gasteiger partial charge in [-0.2, -0.15) is 5.10 Å². The monoisotopic (exact) mass is 275 g/mol. The quantitative estimate of drug-likeness (QED) is 0.843. The van der Waals surface area contributed by atoms with Crippen molar-refractivity contribution >= 4 is 5.91 Å². The predicted octanol–water partition coefficient (Wildman–Crippen LogP) is 2.62. The number of rotatable bonds is 5. The summed E-state index contributed by atoms with van der Waals surface area (Å²) in [5, 5.41) is 4.27. The van der Waals surface area contributed by atoms with E-state index in [4.69, 9.17) is 4.42 Å². The minimum Gasteiger partial charge on any atom is -0.472 e. The second kappa shape index (κ2) is 5.94. The zero-order valence-corrected chi connectivity index (χ0v) is 12.5. The highest BCUT2D eigenvalue weighted by Crippen LogP contribution is 2.13. The number of carbonyl (C=O) groups excluding carboxylic acids is 1. The molecule has 0 atom stereocenters. The fourth-order valence-corrected chi connectivity index (χ4v) is 2.09. The highest BCUT2D eigenvalue weighted by atomic mass is 16.3. The Balaban J connectivity index is 2.19. The molecule has 0 saturated carbocycles. The minimum absolute atomic E-state index is 0.0383. The first-order chi connectivity index (χ1) is 9.47. The topological polar surface area (TPSA) is 51.3 Å². The SMILES string of the molecule is Cc1cc(C(=O)N(Cc2ccoc2)CC(C)C)nn1C. The van der Waals surface area contributed by atoms with Crippen LogP contribution in [-0.2, 0) is 13.6 Å². The van der Waals surface area contributed by atoms with Gasteiger partial charge in [0.2, 0.25) is 0 Å². The molecule has 0 aliphatic heterocycles. The largest absolute Gasteiger partial charge is 0.472 e. The number of hydrogen-bond acceptors (Lipinski definition) is 3. The van der Waals surface area contributed by atoms with Crippen LogP contribution in [0.2, 0.25) is 0 Å². The van der Waals surface area contributed by atoms with Gasteiger partial charge in [-0.1, -0.05) is 13.8 Å². The molecule has 0 spiro atoms. The van der Waals surface area contributed by atoms with Crippen LogP contribution in [0.5, 0.6) is 0 Å². The molecule has 2 heterocycles. The molecule has 108 valence electrons. The summed E-state index contributed by atoms with van der Waals surface area (Å²) in [7, 11) is 1.84. The van der Waals surface area contributed by atoms with Crippen molar-refractivity contribution in [2.24, 2.45) is 13.0 Å². The first-order valence-electron chi connectivity index (χ1n) is 6.78. The molecule has 2 aromatic rings. The number of furan rings is 1. The van der Waals surface area contributed by atoms with Crippen LogP contribution in [0, 0.1) is 12.8 Å². The molecule has 0 aromatic carbocycles. The van der Waals surface area contributed by atoms with Gasteiger partial charge in [-0.25, -0.2) is 0 Å². The number of aryl methyl sites for hydroxylation is 2. The van der Waals surface area contributed by atoms with Crippen molar-refractivity contribution in [1.82, 2.24) is 14.7 Å². The molecule has 0 aliphatic rings. The van der Waals surface area contributed by atoms with Gasteiger partial charge >= 0.3 is 0 Å². The standard InChI is InChI=1S/C15H21N3O2/c1-11(2)8-18(9-13-5-6-20-10-13)15(19)14-7-12(3)17(4)16-14/h5-7,10-11H,8-9H2,1-4H3. The number of nitrogens with zero attached hydrogens (tertiary/aromatic N) is 3. The highest BCUT2D eigenvalue weighted by Gasteiger charge is 2.20. The summed E-state index contributed by atoms with van der Waals surface area (Å²) < 4.78 is 6.79. The predicted molar refractivity (Wildman–Crippen MR) is 76.2 cm³/mol. The molecule has 0 radical (unpaired) electrons. The van der Waals surface area contributed by atoms with Crippen LogP contribution in [0.4, 0.5) is 0 Å². The molecule has 5 nitrogen and oxygen atoms in total. The summed E-state index contributed by atoms with van der Waals surface area (Å²) in [6, 6.07) is 3.70. The lowest BCUT2D eigenvalue weighted by Crippen LogP contribution is -2.34. The summed E-state index contributed by atoms with van der Waals surface area (Å²) in [5.41, 5.74) is 2.46. The maximum absolute atomic E-state index is 12.6. The fourth-order valence-electron chi connectivity index (χ4n) is 2.09. The zero-order valence-electron chi connectivity index (χ0n) is 12.5. The lowest BCUT2D eigenvalue weighted by Gasteiger charge is -2.23. The van der Waals surface area contributed by atoms with Crippen molar-refractivity contribution in [2.45, 2.75) is 27.3 Å². The Kier molecular flexibility index (Phi) is 4.27. The van der Waals surface area contributed by atoms with E-state index in [-0.39, 0.29) is 5.91 Å². The van der Waals surface area contributed by atoms with E-state index in [1.54, 1.807) is 17.2 Å². The Labute approximate surface area is 119 Å². The third kappa shape index (κ3) is 3.29. The average molecular weight is 275 g/mol. The van der Waals surface area contributed by atoms with Crippen molar-refractivity contribution in [3.8, 4) is 0 Å². The number of hydrogen-bond donors (Lipinski definition) is 0. The minimum atomic E-state index is -0.0383. The van der Waals surface area contributed by atoms with Crippen LogP contribution in [0.1, 0.15) is 35.6 Å². The summed E-state index contributed by atoms with van der Waals surface area (Å²) in [6.45, 7) is 7.37. The molecule has 0 fully saturated rings. The lowest BCUT2D eigenvalue weighted by molar-refractivity contribution is 0.0715. The maximum atomic E-state index is 12.6. The Bertz CT molecular complexity index is 550. The summed E-state index contributed by atoms with van der Waals surface area (Å²) in [5.74, 6) is 0.360. The second-order valence-electron chi connectivity index (χ2n) is 5.51. The Hall–Kier alpha value is -2.04. The van der Waals surface area contributed by atoms with Gasteiger partial charge in [0.05, 0.1) is 12.5 Å². The summed E-state index contributed by atoms with van der Waals surface area (Å²) in [6.07, 6.45) is 3.29. The molecule has 0 unspecified atom stereocenters. The normalized spacial score (nSPS) is 11.1.